The van der Waals surface area contributed by atoms with Gasteiger partial charge in [-0.25, -0.2) is 0 Å². The zero-order valence-corrected chi connectivity index (χ0v) is 21.4. The minimum Gasteiger partial charge on any atom is -0.457 e. The SMILES string of the molecule is CN1CCC(CCCc2cccc(-c3cccc(OC4=CC(=O)CCCc5ccccc54)c3)c2)CC1. The van der Waals surface area contributed by atoms with Crippen molar-refractivity contribution in [3.05, 3.63) is 95.6 Å². The van der Waals surface area contributed by atoms with E-state index < -0.39 is 0 Å². The molecule has 0 radical (unpaired) electrons. The number of fused-ring (bicyclic) bond motifs is 1. The third-order valence-electron chi connectivity index (χ3n) is 7.68. The van der Waals surface area contributed by atoms with Gasteiger partial charge in [-0.1, -0.05) is 67.1 Å². The van der Waals surface area contributed by atoms with Gasteiger partial charge in [0.1, 0.15) is 11.5 Å². The van der Waals surface area contributed by atoms with Gasteiger partial charge in [-0.3, -0.25) is 4.79 Å². The Hall–Kier alpha value is -3.17. The standard InChI is InChI=1S/C33H37NO2/c1-34-20-18-25(19-21-34)8-4-9-26-10-5-13-28(22-26)29-14-7-16-31(23-29)36-33-24-30(35)15-6-12-27-11-2-3-17-32(27)33/h2-3,5,7,10-11,13-14,16-17,22-25H,4,6,8-9,12,15,18-21H2,1H3. The predicted molar refractivity (Wildman–Crippen MR) is 148 cm³/mol. The van der Waals surface area contributed by atoms with Gasteiger partial charge >= 0.3 is 0 Å². The summed E-state index contributed by atoms with van der Waals surface area (Å²) in [6, 6.07) is 25.4. The molecule has 0 spiro atoms. The number of carbonyl (C=O) groups is 1. The lowest BCUT2D eigenvalue weighted by Crippen LogP contribution is -2.30. The van der Waals surface area contributed by atoms with Crippen molar-refractivity contribution >= 4 is 11.5 Å². The Morgan fingerprint density at radius 3 is 2.53 bits per heavy atom. The van der Waals surface area contributed by atoms with Gasteiger partial charge in [-0.15, -0.1) is 0 Å². The molecule has 3 nitrogen and oxygen atoms in total. The minimum absolute atomic E-state index is 0.128. The van der Waals surface area contributed by atoms with Gasteiger partial charge in [0.25, 0.3) is 0 Å². The number of ether oxygens (including phenoxy) is 1. The maximum atomic E-state index is 12.4. The number of aryl methyl sites for hydroxylation is 2. The quantitative estimate of drug-likeness (QED) is 0.355. The fourth-order valence-electron chi connectivity index (χ4n) is 5.53. The van der Waals surface area contributed by atoms with E-state index in [0.29, 0.717) is 12.2 Å². The Labute approximate surface area is 215 Å². The van der Waals surface area contributed by atoms with Crippen molar-refractivity contribution in [1.82, 2.24) is 4.90 Å². The molecule has 1 aliphatic carbocycles. The van der Waals surface area contributed by atoms with Crippen molar-refractivity contribution in [3.63, 3.8) is 0 Å². The van der Waals surface area contributed by atoms with E-state index >= 15 is 0 Å². The van der Waals surface area contributed by atoms with Crippen LogP contribution in [0.5, 0.6) is 5.75 Å². The van der Waals surface area contributed by atoms with Crippen LogP contribution in [0.25, 0.3) is 16.9 Å². The number of likely N-dealkylation sites (tertiary alicyclic amines) is 1. The van der Waals surface area contributed by atoms with Crippen LogP contribution in [0.2, 0.25) is 0 Å². The highest BCUT2D eigenvalue weighted by Gasteiger charge is 2.17. The molecule has 2 aliphatic rings. The number of benzene rings is 3. The molecular formula is C33H37NO2. The van der Waals surface area contributed by atoms with Crippen LogP contribution in [0.4, 0.5) is 0 Å². The van der Waals surface area contributed by atoms with Crippen LogP contribution < -0.4 is 4.74 Å². The lowest BCUT2D eigenvalue weighted by molar-refractivity contribution is -0.114. The van der Waals surface area contributed by atoms with Crippen LogP contribution in [0, 0.1) is 5.92 Å². The van der Waals surface area contributed by atoms with Gasteiger partial charge in [0.15, 0.2) is 5.78 Å². The highest BCUT2D eigenvalue weighted by atomic mass is 16.5. The van der Waals surface area contributed by atoms with E-state index in [2.05, 4.69) is 66.5 Å². The molecular weight excluding hydrogens is 442 g/mol. The molecule has 186 valence electrons. The monoisotopic (exact) mass is 479 g/mol. The largest absolute Gasteiger partial charge is 0.457 e. The Morgan fingerprint density at radius 1 is 0.889 bits per heavy atom. The molecule has 0 aromatic heterocycles. The number of carbonyl (C=O) groups excluding carboxylic acids is 1. The molecule has 0 saturated carbocycles. The van der Waals surface area contributed by atoms with Crippen LogP contribution in [-0.2, 0) is 17.6 Å². The van der Waals surface area contributed by atoms with Crippen LogP contribution in [0.15, 0.2) is 78.9 Å². The van der Waals surface area contributed by atoms with Crippen molar-refractivity contribution in [3.8, 4) is 16.9 Å². The summed E-state index contributed by atoms with van der Waals surface area (Å²) in [6.07, 6.45) is 10.4. The number of hydrogen-bond donors (Lipinski definition) is 0. The number of hydrogen-bond acceptors (Lipinski definition) is 3. The van der Waals surface area contributed by atoms with Gasteiger partial charge in [0.2, 0.25) is 0 Å². The highest BCUT2D eigenvalue weighted by molar-refractivity contribution is 5.96. The first-order chi connectivity index (χ1) is 17.6. The summed E-state index contributed by atoms with van der Waals surface area (Å²) >= 11 is 0. The van der Waals surface area contributed by atoms with Crippen molar-refractivity contribution in [2.75, 3.05) is 20.1 Å². The second-order valence-corrected chi connectivity index (χ2v) is 10.5. The molecule has 1 heterocycles. The summed E-state index contributed by atoms with van der Waals surface area (Å²) in [5, 5.41) is 0. The molecule has 1 aliphatic heterocycles. The number of ketones is 1. The molecule has 3 aromatic rings. The molecule has 1 fully saturated rings. The number of rotatable bonds is 7. The summed E-state index contributed by atoms with van der Waals surface area (Å²) < 4.78 is 6.36. The first-order valence-electron chi connectivity index (χ1n) is 13.5. The van der Waals surface area contributed by atoms with E-state index in [-0.39, 0.29) is 5.78 Å². The normalized spacial score (nSPS) is 17.1. The Morgan fingerprint density at radius 2 is 1.67 bits per heavy atom. The van der Waals surface area contributed by atoms with E-state index in [9.17, 15) is 4.79 Å². The lowest BCUT2D eigenvalue weighted by Gasteiger charge is -2.28. The molecule has 36 heavy (non-hydrogen) atoms. The minimum atomic E-state index is 0.128. The molecule has 0 atom stereocenters. The molecule has 3 heteroatoms. The summed E-state index contributed by atoms with van der Waals surface area (Å²) in [7, 11) is 2.23. The molecule has 0 N–H and O–H groups in total. The highest BCUT2D eigenvalue weighted by Crippen LogP contribution is 2.31. The zero-order valence-electron chi connectivity index (χ0n) is 21.4. The summed E-state index contributed by atoms with van der Waals surface area (Å²) in [5.41, 5.74) is 5.99. The predicted octanol–water partition coefficient (Wildman–Crippen LogP) is 7.34. The van der Waals surface area contributed by atoms with E-state index in [1.54, 1.807) is 6.08 Å². The van der Waals surface area contributed by atoms with Gasteiger partial charge in [-0.05, 0) is 99.0 Å². The first-order valence-corrected chi connectivity index (χ1v) is 13.5. The molecule has 0 amide bonds. The molecule has 3 aromatic carbocycles. The average molecular weight is 480 g/mol. The van der Waals surface area contributed by atoms with Gasteiger partial charge in [-0.2, -0.15) is 0 Å². The van der Waals surface area contributed by atoms with Gasteiger partial charge in [0.05, 0.1) is 0 Å². The van der Waals surface area contributed by atoms with E-state index in [1.807, 2.05) is 18.2 Å². The van der Waals surface area contributed by atoms with Gasteiger partial charge < -0.3 is 9.64 Å². The third-order valence-corrected chi connectivity index (χ3v) is 7.68. The second-order valence-electron chi connectivity index (χ2n) is 10.5. The van der Waals surface area contributed by atoms with Crippen molar-refractivity contribution in [1.29, 1.82) is 0 Å². The van der Waals surface area contributed by atoms with Crippen molar-refractivity contribution in [2.24, 2.45) is 5.92 Å². The van der Waals surface area contributed by atoms with Crippen molar-refractivity contribution < 1.29 is 9.53 Å². The fourth-order valence-corrected chi connectivity index (χ4v) is 5.53. The Kier molecular flexibility index (Phi) is 7.98. The van der Waals surface area contributed by atoms with Gasteiger partial charge in [0, 0.05) is 18.1 Å². The fraction of sp³-hybridized carbons (Fsp3) is 0.364. The van der Waals surface area contributed by atoms with Crippen LogP contribution in [-0.4, -0.2) is 30.8 Å². The zero-order chi connectivity index (χ0) is 24.7. The number of nitrogens with zero attached hydrogens (tertiary/aromatic N) is 1. The maximum absolute atomic E-state index is 12.4. The van der Waals surface area contributed by atoms with Crippen LogP contribution >= 0.6 is 0 Å². The smallest absolute Gasteiger partial charge is 0.159 e. The second kappa shape index (κ2) is 11.7. The first kappa shape index (κ1) is 24.5. The number of piperidine rings is 1. The summed E-state index contributed by atoms with van der Waals surface area (Å²) in [4.78, 5) is 14.9. The Balaban J connectivity index is 1.28. The topological polar surface area (TPSA) is 29.5 Å². The molecule has 0 unspecified atom stereocenters. The van der Waals surface area contributed by atoms with E-state index in [1.165, 1.54) is 55.5 Å². The molecule has 1 saturated heterocycles. The van der Waals surface area contributed by atoms with Crippen LogP contribution in [0.1, 0.15) is 55.2 Å². The summed E-state index contributed by atoms with van der Waals surface area (Å²) in [6.45, 7) is 2.49. The summed E-state index contributed by atoms with van der Waals surface area (Å²) in [5.74, 6) is 2.42. The number of allylic oxidation sites excluding steroid dienone is 1. The average Bonchev–Trinajstić information content (AvgIpc) is 2.89. The maximum Gasteiger partial charge on any atom is 0.159 e. The lowest BCUT2D eigenvalue weighted by atomic mass is 9.90. The van der Waals surface area contributed by atoms with Crippen molar-refractivity contribution in [2.45, 2.75) is 51.4 Å². The van der Waals surface area contributed by atoms with E-state index in [4.69, 9.17) is 4.74 Å². The van der Waals surface area contributed by atoms with Crippen LogP contribution in [0.3, 0.4) is 0 Å². The Bertz CT molecular complexity index is 1220. The molecule has 5 rings (SSSR count). The molecule has 0 bridgehead atoms. The van der Waals surface area contributed by atoms with E-state index in [0.717, 1.165) is 42.1 Å². The third kappa shape index (κ3) is 6.33.